The molecule has 1 atom stereocenters. The second-order valence-electron chi connectivity index (χ2n) is 6.11. The minimum absolute atomic E-state index is 0.261. The molecular formula is C20H22F3N. The minimum atomic E-state index is -4.33. The van der Waals surface area contributed by atoms with Crippen molar-refractivity contribution in [2.75, 3.05) is 0 Å². The summed E-state index contributed by atoms with van der Waals surface area (Å²) in [4.78, 5) is 0. The number of aryl methyl sites for hydroxylation is 3. The highest BCUT2D eigenvalue weighted by Crippen LogP contribution is 2.37. The lowest BCUT2D eigenvalue weighted by molar-refractivity contribution is -0.139. The molecule has 2 rings (SSSR count). The Hall–Kier alpha value is -2.07. The molecule has 1 unspecified atom stereocenters. The molecule has 0 spiro atoms. The number of hydrogen-bond donors (Lipinski definition) is 1. The van der Waals surface area contributed by atoms with Gasteiger partial charge >= 0.3 is 6.18 Å². The van der Waals surface area contributed by atoms with Crippen LogP contribution in [0.4, 0.5) is 13.2 Å². The molecule has 0 aliphatic carbocycles. The fraction of sp³-hybridized carbons (Fsp3) is 0.300. The summed E-state index contributed by atoms with van der Waals surface area (Å²) in [5.74, 6) is -1.62. The Labute approximate surface area is 141 Å². The van der Waals surface area contributed by atoms with Crippen LogP contribution in [0.5, 0.6) is 0 Å². The van der Waals surface area contributed by atoms with Crippen molar-refractivity contribution in [3.05, 3.63) is 75.9 Å². The van der Waals surface area contributed by atoms with Gasteiger partial charge in [-0.1, -0.05) is 48.6 Å². The van der Waals surface area contributed by atoms with Crippen molar-refractivity contribution >= 4 is 6.08 Å². The number of hydrogen-bond acceptors (Lipinski definition) is 1. The molecule has 2 aromatic rings. The highest BCUT2D eigenvalue weighted by atomic mass is 19.4. The van der Waals surface area contributed by atoms with E-state index >= 15 is 0 Å². The fourth-order valence-electron chi connectivity index (χ4n) is 2.63. The molecule has 1 nitrogen and oxygen atoms in total. The zero-order chi connectivity index (χ0) is 17.9. The standard InChI is InChI=1S/C20H22F3N/c1-13-4-7-17(11-14(13)2)19(20(21,22)23)9-6-16-5-8-18(12-24)15(3)10-16/h4-11,19H,12,24H2,1-3H3/b9-6+. The first-order valence-electron chi connectivity index (χ1n) is 7.84. The molecular weight excluding hydrogens is 311 g/mol. The number of benzene rings is 2. The van der Waals surface area contributed by atoms with E-state index in [1.165, 1.54) is 12.2 Å². The van der Waals surface area contributed by atoms with E-state index in [-0.39, 0.29) is 5.56 Å². The summed E-state index contributed by atoms with van der Waals surface area (Å²) in [5.41, 5.74) is 10.4. The van der Waals surface area contributed by atoms with Crippen LogP contribution >= 0.6 is 0 Å². The molecule has 4 heteroatoms. The molecule has 128 valence electrons. The Bertz CT molecular complexity index is 745. The zero-order valence-electron chi connectivity index (χ0n) is 14.1. The summed E-state index contributed by atoms with van der Waals surface area (Å²) in [6.45, 7) is 6.04. The van der Waals surface area contributed by atoms with Crippen molar-refractivity contribution in [3.63, 3.8) is 0 Å². The average Bonchev–Trinajstić information content (AvgIpc) is 2.50. The van der Waals surface area contributed by atoms with Gasteiger partial charge in [0.25, 0.3) is 0 Å². The molecule has 0 fully saturated rings. The Kier molecular flexibility index (Phi) is 5.50. The summed E-state index contributed by atoms with van der Waals surface area (Å²) in [5, 5.41) is 0. The van der Waals surface area contributed by atoms with Gasteiger partial charge in [0, 0.05) is 6.54 Å². The van der Waals surface area contributed by atoms with Gasteiger partial charge in [-0.3, -0.25) is 0 Å². The van der Waals surface area contributed by atoms with Crippen LogP contribution in [0.15, 0.2) is 42.5 Å². The van der Waals surface area contributed by atoms with E-state index in [1.807, 2.05) is 32.9 Å². The number of halogens is 3. The number of allylic oxidation sites excluding steroid dienone is 1. The van der Waals surface area contributed by atoms with E-state index in [4.69, 9.17) is 5.73 Å². The molecule has 0 aliphatic heterocycles. The maximum atomic E-state index is 13.5. The third-order valence-corrected chi connectivity index (χ3v) is 4.31. The molecule has 0 saturated heterocycles. The van der Waals surface area contributed by atoms with Crippen molar-refractivity contribution in [1.29, 1.82) is 0 Å². The van der Waals surface area contributed by atoms with E-state index in [0.29, 0.717) is 6.54 Å². The van der Waals surface area contributed by atoms with E-state index in [0.717, 1.165) is 27.8 Å². The molecule has 0 heterocycles. The van der Waals surface area contributed by atoms with E-state index in [1.54, 1.807) is 24.3 Å². The number of rotatable bonds is 4. The van der Waals surface area contributed by atoms with Gasteiger partial charge in [-0.2, -0.15) is 13.2 Å². The molecule has 2 aromatic carbocycles. The maximum absolute atomic E-state index is 13.5. The zero-order valence-corrected chi connectivity index (χ0v) is 14.1. The van der Waals surface area contributed by atoms with Gasteiger partial charge < -0.3 is 5.73 Å². The quantitative estimate of drug-likeness (QED) is 0.793. The second-order valence-corrected chi connectivity index (χ2v) is 6.11. The fourth-order valence-corrected chi connectivity index (χ4v) is 2.63. The van der Waals surface area contributed by atoms with Crippen molar-refractivity contribution in [2.24, 2.45) is 5.73 Å². The van der Waals surface area contributed by atoms with Crippen LogP contribution in [0.3, 0.4) is 0 Å². The van der Waals surface area contributed by atoms with Gasteiger partial charge in [0.2, 0.25) is 0 Å². The predicted octanol–water partition coefficient (Wildman–Crippen LogP) is 5.43. The summed E-state index contributed by atoms with van der Waals surface area (Å²) in [7, 11) is 0. The molecule has 24 heavy (non-hydrogen) atoms. The average molecular weight is 333 g/mol. The molecule has 0 radical (unpaired) electrons. The van der Waals surface area contributed by atoms with Crippen LogP contribution in [0.1, 0.15) is 39.3 Å². The molecule has 0 aliphatic rings. The van der Waals surface area contributed by atoms with E-state index in [2.05, 4.69) is 0 Å². The monoisotopic (exact) mass is 333 g/mol. The van der Waals surface area contributed by atoms with Crippen molar-refractivity contribution < 1.29 is 13.2 Å². The molecule has 0 bridgehead atoms. The number of alkyl halides is 3. The highest BCUT2D eigenvalue weighted by Gasteiger charge is 2.38. The van der Waals surface area contributed by atoms with E-state index < -0.39 is 12.1 Å². The van der Waals surface area contributed by atoms with Gasteiger partial charge in [0.1, 0.15) is 0 Å². The topological polar surface area (TPSA) is 26.0 Å². The number of nitrogens with two attached hydrogens (primary N) is 1. The first-order chi connectivity index (χ1) is 11.2. The Balaban J connectivity index is 2.36. The van der Waals surface area contributed by atoms with E-state index in [9.17, 15) is 13.2 Å². The van der Waals surface area contributed by atoms with Crippen molar-refractivity contribution in [3.8, 4) is 0 Å². The van der Waals surface area contributed by atoms with Crippen LogP contribution in [0.2, 0.25) is 0 Å². The summed E-state index contributed by atoms with van der Waals surface area (Å²) < 4.78 is 40.4. The minimum Gasteiger partial charge on any atom is -0.326 e. The van der Waals surface area contributed by atoms with Gasteiger partial charge in [-0.25, -0.2) is 0 Å². The first kappa shape index (κ1) is 18.3. The Morgan fingerprint density at radius 2 is 1.67 bits per heavy atom. The molecule has 2 N–H and O–H groups in total. The van der Waals surface area contributed by atoms with Crippen LogP contribution in [0, 0.1) is 20.8 Å². The van der Waals surface area contributed by atoms with Gasteiger partial charge in [-0.05, 0) is 54.2 Å². The molecule has 0 amide bonds. The van der Waals surface area contributed by atoms with Crippen LogP contribution in [-0.2, 0) is 6.54 Å². The third-order valence-electron chi connectivity index (χ3n) is 4.31. The molecule has 0 saturated carbocycles. The normalized spacial score (nSPS) is 13.5. The van der Waals surface area contributed by atoms with Crippen LogP contribution < -0.4 is 5.73 Å². The summed E-state index contributed by atoms with van der Waals surface area (Å²) in [6, 6.07) is 10.4. The maximum Gasteiger partial charge on any atom is 0.399 e. The smallest absolute Gasteiger partial charge is 0.326 e. The van der Waals surface area contributed by atoms with Crippen molar-refractivity contribution in [1.82, 2.24) is 0 Å². The van der Waals surface area contributed by atoms with Crippen molar-refractivity contribution in [2.45, 2.75) is 39.4 Å². The predicted molar refractivity (Wildman–Crippen MR) is 92.8 cm³/mol. The summed E-state index contributed by atoms with van der Waals surface area (Å²) >= 11 is 0. The van der Waals surface area contributed by atoms with Gasteiger partial charge in [0.15, 0.2) is 0 Å². The Morgan fingerprint density at radius 1 is 0.958 bits per heavy atom. The Morgan fingerprint density at radius 3 is 2.21 bits per heavy atom. The second kappa shape index (κ2) is 7.22. The SMILES string of the molecule is Cc1ccc(C(/C=C/c2ccc(CN)c(C)c2)C(F)(F)F)cc1C. The lowest BCUT2D eigenvalue weighted by atomic mass is 9.94. The van der Waals surface area contributed by atoms with Crippen LogP contribution in [-0.4, -0.2) is 6.18 Å². The largest absolute Gasteiger partial charge is 0.399 e. The third kappa shape index (κ3) is 4.26. The first-order valence-corrected chi connectivity index (χ1v) is 7.84. The highest BCUT2D eigenvalue weighted by molar-refractivity contribution is 5.53. The molecule has 0 aromatic heterocycles. The van der Waals surface area contributed by atoms with Gasteiger partial charge in [0.05, 0.1) is 5.92 Å². The lowest BCUT2D eigenvalue weighted by Gasteiger charge is -2.18. The summed E-state index contributed by atoms with van der Waals surface area (Å²) in [6.07, 6.45) is -1.58. The lowest BCUT2D eigenvalue weighted by Crippen LogP contribution is -2.19. The van der Waals surface area contributed by atoms with Gasteiger partial charge in [-0.15, -0.1) is 0 Å². The van der Waals surface area contributed by atoms with Crippen LogP contribution in [0.25, 0.3) is 6.08 Å².